The van der Waals surface area contributed by atoms with E-state index >= 15 is 0 Å². The van der Waals surface area contributed by atoms with Crippen LogP contribution >= 0.6 is 0 Å². The van der Waals surface area contributed by atoms with Crippen LogP contribution in [0.25, 0.3) is 0 Å². The third-order valence-corrected chi connectivity index (χ3v) is 2.49. The number of hydrogen-bond acceptors (Lipinski definition) is 1. The van der Waals surface area contributed by atoms with Gasteiger partial charge in [-0.2, -0.15) is 0 Å². The molecular weight excluding hydrogens is 182 g/mol. The summed E-state index contributed by atoms with van der Waals surface area (Å²) in [6.07, 6.45) is 4.14. The number of rotatable bonds is 6. The molecule has 1 aromatic carbocycles. The molecule has 82 valence electrons. The van der Waals surface area contributed by atoms with Crippen LogP contribution in [0.2, 0.25) is 0 Å². The Kier molecular flexibility index (Phi) is 5.13. The summed E-state index contributed by atoms with van der Waals surface area (Å²) in [6.45, 7) is 9.20. The molecule has 0 bridgehead atoms. The quantitative estimate of drug-likeness (QED) is 0.696. The Morgan fingerprint density at radius 1 is 1.47 bits per heavy atom. The fraction of sp³-hybridized carbons (Fsp3) is 0.429. The minimum absolute atomic E-state index is 0.419. The van der Waals surface area contributed by atoms with Crippen LogP contribution in [-0.2, 0) is 0 Å². The van der Waals surface area contributed by atoms with Gasteiger partial charge in [0.2, 0.25) is 0 Å². The first-order valence-corrected chi connectivity index (χ1v) is 5.68. The van der Waals surface area contributed by atoms with Crippen molar-refractivity contribution < 1.29 is 0 Å². The molecule has 0 saturated carbocycles. The van der Waals surface area contributed by atoms with Gasteiger partial charge in [-0.1, -0.05) is 42.8 Å². The molecule has 0 amide bonds. The van der Waals surface area contributed by atoms with Crippen molar-refractivity contribution in [2.45, 2.75) is 32.7 Å². The van der Waals surface area contributed by atoms with Crippen molar-refractivity contribution in [1.82, 2.24) is 5.32 Å². The second-order valence-electron chi connectivity index (χ2n) is 3.95. The van der Waals surface area contributed by atoms with Gasteiger partial charge in [0.05, 0.1) is 0 Å². The molecule has 0 aromatic heterocycles. The van der Waals surface area contributed by atoms with Crippen LogP contribution in [0.5, 0.6) is 0 Å². The van der Waals surface area contributed by atoms with Crippen LogP contribution in [0.4, 0.5) is 0 Å². The van der Waals surface area contributed by atoms with E-state index in [2.05, 4.69) is 50.0 Å². The molecule has 1 rings (SSSR count). The highest BCUT2D eigenvalue weighted by molar-refractivity contribution is 5.25. The molecule has 1 unspecified atom stereocenters. The predicted octanol–water partition coefficient (Wildman–Crippen LogP) is 3.61. The Balaban J connectivity index is 2.73. The molecular formula is C14H21N. The Morgan fingerprint density at radius 3 is 2.87 bits per heavy atom. The Morgan fingerprint density at radius 2 is 2.27 bits per heavy atom. The maximum Gasteiger partial charge on any atom is 0.0354 e. The fourth-order valence-corrected chi connectivity index (χ4v) is 1.71. The topological polar surface area (TPSA) is 12.0 Å². The summed E-state index contributed by atoms with van der Waals surface area (Å²) in [7, 11) is 0. The fourth-order valence-electron chi connectivity index (χ4n) is 1.71. The number of benzene rings is 1. The molecule has 1 N–H and O–H groups in total. The highest BCUT2D eigenvalue weighted by atomic mass is 14.9. The van der Waals surface area contributed by atoms with Gasteiger partial charge in [-0.15, -0.1) is 6.58 Å². The second kappa shape index (κ2) is 6.41. The molecule has 0 aliphatic heterocycles. The lowest BCUT2D eigenvalue weighted by molar-refractivity contribution is 0.537. The number of aryl methyl sites for hydroxylation is 1. The van der Waals surface area contributed by atoms with Gasteiger partial charge in [0.15, 0.2) is 0 Å². The van der Waals surface area contributed by atoms with Crippen LogP contribution in [0, 0.1) is 6.92 Å². The zero-order valence-corrected chi connectivity index (χ0v) is 9.79. The second-order valence-corrected chi connectivity index (χ2v) is 3.95. The molecule has 1 aromatic rings. The highest BCUT2D eigenvalue weighted by Crippen LogP contribution is 2.18. The third-order valence-electron chi connectivity index (χ3n) is 2.49. The monoisotopic (exact) mass is 203 g/mol. The smallest absolute Gasteiger partial charge is 0.0354 e. The van der Waals surface area contributed by atoms with E-state index < -0.39 is 0 Å². The molecule has 1 heteroatoms. The Labute approximate surface area is 93.2 Å². The average molecular weight is 203 g/mol. The largest absolute Gasteiger partial charge is 0.310 e. The summed E-state index contributed by atoms with van der Waals surface area (Å²) < 4.78 is 0. The molecule has 0 spiro atoms. The SMILES string of the molecule is C=CCC(NCCC)c1cccc(C)c1. The summed E-state index contributed by atoms with van der Waals surface area (Å²) in [5.74, 6) is 0. The summed E-state index contributed by atoms with van der Waals surface area (Å²) in [6, 6.07) is 9.10. The van der Waals surface area contributed by atoms with Gasteiger partial charge in [0, 0.05) is 6.04 Å². The zero-order valence-electron chi connectivity index (χ0n) is 9.79. The van der Waals surface area contributed by atoms with E-state index in [0.29, 0.717) is 6.04 Å². The highest BCUT2D eigenvalue weighted by Gasteiger charge is 2.07. The van der Waals surface area contributed by atoms with E-state index in [0.717, 1.165) is 13.0 Å². The first kappa shape index (κ1) is 12.0. The van der Waals surface area contributed by atoms with E-state index in [1.54, 1.807) is 0 Å². The number of hydrogen-bond donors (Lipinski definition) is 1. The van der Waals surface area contributed by atoms with Gasteiger partial charge in [0.25, 0.3) is 0 Å². The predicted molar refractivity (Wildman–Crippen MR) is 67.0 cm³/mol. The molecule has 1 atom stereocenters. The lowest BCUT2D eigenvalue weighted by Crippen LogP contribution is -2.21. The van der Waals surface area contributed by atoms with Crippen molar-refractivity contribution in [3.8, 4) is 0 Å². The van der Waals surface area contributed by atoms with Gasteiger partial charge in [-0.05, 0) is 31.9 Å². The van der Waals surface area contributed by atoms with E-state index in [4.69, 9.17) is 0 Å². The average Bonchev–Trinajstić information content (AvgIpc) is 2.24. The van der Waals surface area contributed by atoms with Crippen molar-refractivity contribution in [1.29, 1.82) is 0 Å². The van der Waals surface area contributed by atoms with Gasteiger partial charge in [-0.3, -0.25) is 0 Å². The van der Waals surface area contributed by atoms with Crippen molar-refractivity contribution in [2.75, 3.05) is 6.54 Å². The normalized spacial score (nSPS) is 12.4. The maximum absolute atomic E-state index is 3.82. The van der Waals surface area contributed by atoms with Crippen LogP contribution in [-0.4, -0.2) is 6.54 Å². The minimum atomic E-state index is 0.419. The van der Waals surface area contributed by atoms with Crippen molar-refractivity contribution >= 4 is 0 Å². The summed E-state index contributed by atoms with van der Waals surface area (Å²) in [5, 5.41) is 3.54. The Bertz CT molecular complexity index is 304. The van der Waals surface area contributed by atoms with Crippen molar-refractivity contribution in [2.24, 2.45) is 0 Å². The molecule has 0 aliphatic carbocycles. The van der Waals surface area contributed by atoms with E-state index in [1.165, 1.54) is 17.5 Å². The third kappa shape index (κ3) is 3.88. The van der Waals surface area contributed by atoms with Crippen molar-refractivity contribution in [3.63, 3.8) is 0 Å². The molecule has 0 fully saturated rings. The van der Waals surface area contributed by atoms with Gasteiger partial charge in [0.1, 0.15) is 0 Å². The van der Waals surface area contributed by atoms with Crippen molar-refractivity contribution in [3.05, 3.63) is 48.0 Å². The van der Waals surface area contributed by atoms with Crippen LogP contribution in [0.1, 0.15) is 36.9 Å². The lowest BCUT2D eigenvalue weighted by Gasteiger charge is -2.17. The lowest BCUT2D eigenvalue weighted by atomic mass is 10.0. The maximum atomic E-state index is 3.82. The van der Waals surface area contributed by atoms with Crippen LogP contribution in [0.3, 0.4) is 0 Å². The van der Waals surface area contributed by atoms with Gasteiger partial charge in [-0.25, -0.2) is 0 Å². The standard InChI is InChI=1S/C14H21N/c1-4-7-14(15-10-5-2)13-9-6-8-12(3)11-13/h4,6,8-9,11,14-15H,1,5,7,10H2,2-3H3. The molecule has 0 aliphatic rings. The molecule has 0 heterocycles. The zero-order chi connectivity index (χ0) is 11.1. The Hall–Kier alpha value is -1.08. The van der Waals surface area contributed by atoms with E-state index in [1.807, 2.05) is 6.08 Å². The summed E-state index contributed by atoms with van der Waals surface area (Å²) in [5.41, 5.74) is 2.68. The first-order valence-electron chi connectivity index (χ1n) is 5.68. The molecule has 15 heavy (non-hydrogen) atoms. The van der Waals surface area contributed by atoms with E-state index in [-0.39, 0.29) is 0 Å². The summed E-state index contributed by atoms with van der Waals surface area (Å²) >= 11 is 0. The molecule has 0 radical (unpaired) electrons. The first-order chi connectivity index (χ1) is 7.27. The van der Waals surface area contributed by atoms with Gasteiger partial charge >= 0.3 is 0 Å². The minimum Gasteiger partial charge on any atom is -0.310 e. The summed E-state index contributed by atoms with van der Waals surface area (Å²) in [4.78, 5) is 0. The van der Waals surface area contributed by atoms with Gasteiger partial charge < -0.3 is 5.32 Å². The number of nitrogens with one attached hydrogen (secondary N) is 1. The van der Waals surface area contributed by atoms with Crippen LogP contribution < -0.4 is 5.32 Å². The molecule has 1 nitrogen and oxygen atoms in total. The van der Waals surface area contributed by atoms with Crippen LogP contribution in [0.15, 0.2) is 36.9 Å². The van der Waals surface area contributed by atoms with E-state index in [9.17, 15) is 0 Å². The molecule has 0 saturated heterocycles.